The van der Waals surface area contributed by atoms with Crippen molar-refractivity contribution < 1.29 is 26.7 Å². The molecule has 0 saturated carbocycles. The van der Waals surface area contributed by atoms with Gasteiger partial charge in [0.25, 0.3) is 5.91 Å². The molecule has 0 fully saturated rings. The Morgan fingerprint density at radius 3 is 2.45 bits per heavy atom. The number of aromatic nitrogens is 1. The minimum Gasteiger partial charge on any atom is -0.309 e. The Labute approximate surface area is 176 Å². The maximum atomic E-state index is 13.9. The number of nitrogens with zero attached hydrogens (tertiary/aromatic N) is 2. The molecule has 1 amide bonds. The second kappa shape index (κ2) is 8.06. The van der Waals surface area contributed by atoms with Crippen molar-refractivity contribution in [2.75, 3.05) is 11.9 Å². The zero-order valence-corrected chi connectivity index (χ0v) is 16.4. The fraction of sp³-hybridized carbons (Fsp3) is 0.150. The lowest BCUT2D eigenvalue weighted by Gasteiger charge is -2.08. The van der Waals surface area contributed by atoms with Crippen molar-refractivity contribution >= 4 is 28.1 Å². The highest BCUT2D eigenvalue weighted by molar-refractivity contribution is 7.19. The Hall–Kier alpha value is -3.34. The number of carbonyl (C=O) groups excluding carboxylic acids is 1. The summed E-state index contributed by atoms with van der Waals surface area (Å²) < 4.78 is 67.3. The van der Waals surface area contributed by atoms with Crippen LogP contribution in [0.5, 0.6) is 0 Å². The van der Waals surface area contributed by atoms with Crippen LogP contribution in [-0.4, -0.2) is 23.1 Å². The SMILES string of the molecule is O=C(Nc1nc(C2=NNCC2)c(-c2cccc(C(F)(F)F)c2)s1)c1c(F)cccc1F. The molecule has 160 valence electrons. The molecule has 1 aliphatic rings. The number of alkyl halides is 3. The van der Waals surface area contributed by atoms with Gasteiger partial charge in [0, 0.05) is 13.0 Å². The zero-order chi connectivity index (χ0) is 22.2. The second-order valence-electron chi connectivity index (χ2n) is 6.54. The van der Waals surface area contributed by atoms with E-state index in [4.69, 9.17) is 0 Å². The van der Waals surface area contributed by atoms with Crippen LogP contribution in [0.15, 0.2) is 47.6 Å². The predicted octanol–water partition coefficient (Wildman–Crippen LogP) is 5.06. The molecule has 0 saturated heterocycles. The fourth-order valence-electron chi connectivity index (χ4n) is 3.03. The van der Waals surface area contributed by atoms with Crippen LogP contribution in [0, 0.1) is 11.6 Å². The summed E-state index contributed by atoms with van der Waals surface area (Å²) in [6.07, 6.45) is -4.06. The standard InChI is InChI=1S/C20H13F5N4OS/c21-12-5-2-6-13(22)15(12)18(30)28-19-27-16(14-7-8-26-29-14)17(31-19)10-3-1-4-11(9-10)20(23,24)25/h1-6,9,26H,7-8H2,(H,27,28,30). The van der Waals surface area contributed by atoms with Gasteiger partial charge in [-0.25, -0.2) is 13.8 Å². The lowest BCUT2D eigenvalue weighted by Crippen LogP contribution is -2.15. The molecule has 2 heterocycles. The second-order valence-corrected chi connectivity index (χ2v) is 7.54. The van der Waals surface area contributed by atoms with E-state index in [1.807, 2.05) is 0 Å². The van der Waals surface area contributed by atoms with Crippen molar-refractivity contribution in [2.45, 2.75) is 12.6 Å². The van der Waals surface area contributed by atoms with Crippen LogP contribution in [0.1, 0.15) is 28.0 Å². The van der Waals surface area contributed by atoms with Gasteiger partial charge in [0.1, 0.15) is 22.9 Å². The van der Waals surface area contributed by atoms with Crippen LogP contribution in [0.2, 0.25) is 0 Å². The number of benzene rings is 2. The summed E-state index contributed by atoms with van der Waals surface area (Å²) in [5, 5.41) is 6.40. The van der Waals surface area contributed by atoms with E-state index in [1.54, 1.807) is 0 Å². The minimum absolute atomic E-state index is 0.0235. The third-order valence-electron chi connectivity index (χ3n) is 4.45. The minimum atomic E-state index is -4.54. The maximum Gasteiger partial charge on any atom is 0.416 e. The number of thiazole rings is 1. The van der Waals surface area contributed by atoms with Crippen LogP contribution >= 0.6 is 11.3 Å². The highest BCUT2D eigenvalue weighted by Crippen LogP contribution is 2.38. The monoisotopic (exact) mass is 452 g/mol. The van der Waals surface area contributed by atoms with Crippen molar-refractivity contribution in [1.29, 1.82) is 0 Å². The first-order chi connectivity index (χ1) is 14.7. The fourth-order valence-corrected chi connectivity index (χ4v) is 4.01. The molecular weight excluding hydrogens is 439 g/mol. The smallest absolute Gasteiger partial charge is 0.309 e. The summed E-state index contributed by atoms with van der Waals surface area (Å²) in [6.45, 7) is 0.525. The van der Waals surface area contributed by atoms with E-state index in [0.717, 1.165) is 41.7 Å². The summed E-state index contributed by atoms with van der Waals surface area (Å²) in [6, 6.07) is 7.68. The van der Waals surface area contributed by atoms with Gasteiger partial charge in [-0.1, -0.05) is 29.5 Å². The number of carbonyl (C=O) groups is 1. The molecule has 4 rings (SSSR count). The molecule has 31 heavy (non-hydrogen) atoms. The molecule has 1 aliphatic heterocycles. The quantitative estimate of drug-likeness (QED) is 0.544. The van der Waals surface area contributed by atoms with Gasteiger partial charge in [0.05, 0.1) is 16.2 Å². The molecule has 3 aromatic rings. The number of hydrogen-bond donors (Lipinski definition) is 2. The predicted molar refractivity (Wildman–Crippen MR) is 106 cm³/mol. The Morgan fingerprint density at radius 2 is 1.81 bits per heavy atom. The van der Waals surface area contributed by atoms with Crippen molar-refractivity contribution in [3.8, 4) is 10.4 Å². The van der Waals surface area contributed by atoms with E-state index in [-0.39, 0.29) is 10.7 Å². The third kappa shape index (κ3) is 4.26. The first-order valence-electron chi connectivity index (χ1n) is 8.97. The maximum absolute atomic E-state index is 13.9. The molecule has 0 spiro atoms. The zero-order valence-electron chi connectivity index (χ0n) is 15.6. The molecule has 0 aliphatic carbocycles. The number of halogens is 5. The number of amides is 1. The Bertz CT molecular complexity index is 1170. The van der Waals surface area contributed by atoms with Gasteiger partial charge < -0.3 is 5.43 Å². The molecule has 5 nitrogen and oxygen atoms in total. The van der Waals surface area contributed by atoms with E-state index in [0.29, 0.717) is 29.2 Å². The average Bonchev–Trinajstić information content (AvgIpc) is 3.37. The van der Waals surface area contributed by atoms with Gasteiger partial charge in [-0.05, 0) is 29.8 Å². The average molecular weight is 452 g/mol. The van der Waals surface area contributed by atoms with Crippen LogP contribution in [-0.2, 0) is 6.18 Å². The lowest BCUT2D eigenvalue weighted by molar-refractivity contribution is -0.137. The molecular formula is C20H13F5N4OS. The number of rotatable bonds is 4. The van der Waals surface area contributed by atoms with Crippen molar-refractivity contribution in [3.63, 3.8) is 0 Å². The van der Waals surface area contributed by atoms with Crippen molar-refractivity contribution in [1.82, 2.24) is 10.4 Å². The molecule has 0 bridgehead atoms. The van der Waals surface area contributed by atoms with Crippen LogP contribution in [0.4, 0.5) is 27.1 Å². The highest BCUT2D eigenvalue weighted by atomic mass is 32.1. The largest absolute Gasteiger partial charge is 0.416 e. The Kier molecular flexibility index (Phi) is 5.44. The summed E-state index contributed by atoms with van der Waals surface area (Å²) >= 11 is 0.890. The third-order valence-corrected chi connectivity index (χ3v) is 5.47. The number of anilines is 1. The van der Waals surface area contributed by atoms with Gasteiger partial charge in [-0.15, -0.1) is 0 Å². The summed E-state index contributed by atoms with van der Waals surface area (Å²) in [5.41, 5.74) is 2.17. The first kappa shape index (κ1) is 20.9. The summed E-state index contributed by atoms with van der Waals surface area (Å²) in [4.78, 5) is 17.0. The molecule has 2 aromatic carbocycles. The molecule has 11 heteroatoms. The first-order valence-corrected chi connectivity index (χ1v) is 9.79. The van der Waals surface area contributed by atoms with E-state index < -0.39 is 34.8 Å². The van der Waals surface area contributed by atoms with Gasteiger partial charge >= 0.3 is 6.18 Å². The lowest BCUT2D eigenvalue weighted by atomic mass is 10.1. The van der Waals surface area contributed by atoms with E-state index in [9.17, 15) is 26.7 Å². The van der Waals surface area contributed by atoms with Gasteiger partial charge in [0.2, 0.25) is 0 Å². The van der Waals surface area contributed by atoms with E-state index >= 15 is 0 Å². The van der Waals surface area contributed by atoms with Gasteiger partial charge in [-0.2, -0.15) is 18.3 Å². The normalized spacial score (nSPS) is 13.6. The van der Waals surface area contributed by atoms with Crippen LogP contribution in [0.25, 0.3) is 10.4 Å². The van der Waals surface area contributed by atoms with E-state index in [1.165, 1.54) is 12.1 Å². The van der Waals surface area contributed by atoms with Crippen LogP contribution in [0.3, 0.4) is 0 Å². The van der Waals surface area contributed by atoms with Gasteiger partial charge in [-0.3, -0.25) is 10.1 Å². The molecule has 2 N–H and O–H groups in total. The number of hydrogen-bond acceptors (Lipinski definition) is 5. The Morgan fingerprint density at radius 1 is 1.10 bits per heavy atom. The molecule has 1 aromatic heterocycles. The van der Waals surface area contributed by atoms with Crippen LogP contribution < -0.4 is 10.7 Å². The molecule has 0 unspecified atom stereocenters. The number of nitrogens with one attached hydrogen (secondary N) is 2. The summed E-state index contributed by atoms with van der Waals surface area (Å²) in [5.74, 6) is -3.15. The number of hydrazone groups is 1. The van der Waals surface area contributed by atoms with Crippen molar-refractivity contribution in [2.24, 2.45) is 5.10 Å². The van der Waals surface area contributed by atoms with Crippen molar-refractivity contribution in [3.05, 3.63) is 70.9 Å². The summed E-state index contributed by atoms with van der Waals surface area (Å²) in [7, 11) is 0. The highest BCUT2D eigenvalue weighted by Gasteiger charge is 2.31. The van der Waals surface area contributed by atoms with E-state index in [2.05, 4.69) is 20.8 Å². The molecule has 0 radical (unpaired) electrons. The van der Waals surface area contributed by atoms with Gasteiger partial charge in [0.15, 0.2) is 5.13 Å². The topological polar surface area (TPSA) is 66.4 Å². The molecule has 0 atom stereocenters. The Balaban J connectivity index is 1.74.